The maximum absolute atomic E-state index is 13.7. The average Bonchev–Trinajstić information content (AvgIpc) is 2.71. The van der Waals surface area contributed by atoms with Crippen LogP contribution in [0.4, 0.5) is 8.78 Å². The number of nitrogens with zero attached hydrogens (tertiary/aromatic N) is 2. The van der Waals surface area contributed by atoms with E-state index in [0.717, 1.165) is 44.5 Å². The third-order valence-corrected chi connectivity index (χ3v) is 5.10. The van der Waals surface area contributed by atoms with Crippen molar-refractivity contribution in [1.29, 1.82) is 0 Å². The normalized spacial score (nSPS) is 16.2. The van der Waals surface area contributed by atoms with E-state index in [0.29, 0.717) is 24.6 Å². The van der Waals surface area contributed by atoms with Gasteiger partial charge in [0, 0.05) is 45.3 Å². The van der Waals surface area contributed by atoms with Crippen LogP contribution < -0.4 is 10.6 Å². The van der Waals surface area contributed by atoms with Crippen LogP contribution in [0.1, 0.15) is 24.0 Å². The van der Waals surface area contributed by atoms with E-state index in [2.05, 4.69) is 44.8 Å². The van der Waals surface area contributed by atoms with Crippen molar-refractivity contribution in [2.24, 2.45) is 4.99 Å². The Kier molecular flexibility index (Phi) is 7.37. The molecule has 0 unspecified atom stereocenters. The molecule has 0 radical (unpaired) electrons. The maximum Gasteiger partial charge on any atom is 0.191 e. The number of aliphatic imine (C=N–C) groups is 1. The van der Waals surface area contributed by atoms with Gasteiger partial charge in [0.15, 0.2) is 5.96 Å². The second-order valence-corrected chi connectivity index (χ2v) is 7.17. The Hall–Kier alpha value is -2.47. The molecular weight excluding hydrogens is 358 g/mol. The van der Waals surface area contributed by atoms with Crippen molar-refractivity contribution in [3.63, 3.8) is 0 Å². The fourth-order valence-corrected chi connectivity index (χ4v) is 3.51. The zero-order valence-electron chi connectivity index (χ0n) is 16.3. The molecule has 3 rings (SSSR count). The van der Waals surface area contributed by atoms with Crippen molar-refractivity contribution in [2.45, 2.75) is 31.8 Å². The van der Waals surface area contributed by atoms with Gasteiger partial charge in [-0.3, -0.25) is 9.89 Å². The van der Waals surface area contributed by atoms with Gasteiger partial charge in [-0.15, -0.1) is 0 Å². The molecule has 28 heavy (non-hydrogen) atoms. The summed E-state index contributed by atoms with van der Waals surface area (Å²) in [5.41, 5.74) is 1.85. The van der Waals surface area contributed by atoms with E-state index in [4.69, 9.17) is 0 Å². The molecule has 1 aliphatic heterocycles. The lowest BCUT2D eigenvalue weighted by Gasteiger charge is -2.33. The van der Waals surface area contributed by atoms with Crippen LogP contribution in [0.3, 0.4) is 0 Å². The van der Waals surface area contributed by atoms with Crippen molar-refractivity contribution in [1.82, 2.24) is 15.5 Å². The van der Waals surface area contributed by atoms with Gasteiger partial charge in [0.25, 0.3) is 0 Å². The van der Waals surface area contributed by atoms with Gasteiger partial charge in [-0.2, -0.15) is 0 Å². The highest BCUT2D eigenvalue weighted by Crippen LogP contribution is 2.14. The molecule has 0 spiro atoms. The molecule has 4 nitrogen and oxygen atoms in total. The van der Waals surface area contributed by atoms with Crippen LogP contribution in [0.5, 0.6) is 0 Å². The highest BCUT2D eigenvalue weighted by Gasteiger charge is 2.20. The van der Waals surface area contributed by atoms with Gasteiger partial charge in [0.2, 0.25) is 0 Å². The van der Waals surface area contributed by atoms with Crippen molar-refractivity contribution >= 4 is 5.96 Å². The molecule has 0 atom stereocenters. The Morgan fingerprint density at radius 2 is 1.86 bits per heavy atom. The quantitative estimate of drug-likeness (QED) is 0.591. The number of rotatable bonds is 6. The summed E-state index contributed by atoms with van der Waals surface area (Å²) in [6, 6.07) is 14.6. The topological polar surface area (TPSA) is 39.7 Å². The number of guanidine groups is 1. The van der Waals surface area contributed by atoms with Crippen molar-refractivity contribution in [3.05, 3.63) is 71.3 Å². The van der Waals surface area contributed by atoms with Gasteiger partial charge in [0.1, 0.15) is 11.6 Å². The van der Waals surface area contributed by atoms with E-state index in [9.17, 15) is 8.78 Å². The van der Waals surface area contributed by atoms with Crippen LogP contribution in [0, 0.1) is 11.6 Å². The second kappa shape index (κ2) is 10.2. The summed E-state index contributed by atoms with van der Waals surface area (Å²) >= 11 is 0. The number of halogens is 2. The van der Waals surface area contributed by atoms with Crippen LogP contribution in [-0.4, -0.2) is 43.6 Å². The monoisotopic (exact) mass is 386 g/mol. The van der Waals surface area contributed by atoms with Crippen molar-refractivity contribution < 1.29 is 8.78 Å². The Labute approximate surface area is 165 Å². The molecule has 1 heterocycles. The maximum atomic E-state index is 13.7. The highest BCUT2D eigenvalue weighted by molar-refractivity contribution is 5.79. The minimum Gasteiger partial charge on any atom is -0.356 e. The molecule has 0 aromatic heterocycles. The van der Waals surface area contributed by atoms with Crippen LogP contribution in [0.15, 0.2) is 53.5 Å². The molecule has 2 N–H and O–H groups in total. The van der Waals surface area contributed by atoms with E-state index in [1.165, 1.54) is 17.7 Å². The molecule has 0 saturated carbocycles. The fraction of sp³-hybridized carbons (Fsp3) is 0.409. The number of piperidine rings is 1. The van der Waals surface area contributed by atoms with Crippen molar-refractivity contribution in [3.8, 4) is 0 Å². The average molecular weight is 386 g/mol. The number of hydrogen-bond donors (Lipinski definition) is 2. The first-order chi connectivity index (χ1) is 13.6. The largest absolute Gasteiger partial charge is 0.356 e. The zero-order valence-corrected chi connectivity index (χ0v) is 16.3. The third-order valence-electron chi connectivity index (χ3n) is 5.10. The second-order valence-electron chi connectivity index (χ2n) is 7.17. The minimum absolute atomic E-state index is 0.376. The SMILES string of the molecule is CN=C(NCCc1ccc(F)cc1F)NC1CCN(Cc2ccccc2)CC1. The smallest absolute Gasteiger partial charge is 0.191 e. The number of nitrogens with one attached hydrogen (secondary N) is 2. The zero-order chi connectivity index (χ0) is 19.8. The summed E-state index contributed by atoms with van der Waals surface area (Å²) < 4.78 is 26.7. The molecule has 1 aliphatic rings. The summed E-state index contributed by atoms with van der Waals surface area (Å²) in [5, 5.41) is 6.68. The molecule has 150 valence electrons. The van der Waals surface area contributed by atoms with E-state index in [1.54, 1.807) is 7.05 Å². The van der Waals surface area contributed by atoms with Gasteiger partial charge in [-0.1, -0.05) is 36.4 Å². The number of hydrogen-bond acceptors (Lipinski definition) is 2. The number of benzene rings is 2. The molecule has 0 bridgehead atoms. The van der Waals surface area contributed by atoms with Crippen LogP contribution in [0.25, 0.3) is 0 Å². The molecule has 2 aromatic rings. The Morgan fingerprint density at radius 3 is 2.54 bits per heavy atom. The first kappa shape index (κ1) is 20.3. The lowest BCUT2D eigenvalue weighted by Crippen LogP contribution is -2.48. The van der Waals surface area contributed by atoms with Gasteiger partial charge >= 0.3 is 0 Å². The summed E-state index contributed by atoms with van der Waals surface area (Å²) in [5.74, 6) is -0.329. The molecule has 2 aromatic carbocycles. The molecule has 0 aliphatic carbocycles. The first-order valence-corrected chi connectivity index (χ1v) is 9.81. The first-order valence-electron chi connectivity index (χ1n) is 9.81. The summed E-state index contributed by atoms with van der Waals surface area (Å²) in [6.45, 7) is 3.62. The predicted octanol–water partition coefficient (Wildman–Crippen LogP) is 3.34. The van der Waals surface area contributed by atoms with E-state index >= 15 is 0 Å². The Morgan fingerprint density at radius 1 is 1.11 bits per heavy atom. The lowest BCUT2D eigenvalue weighted by molar-refractivity contribution is 0.198. The van der Waals surface area contributed by atoms with Crippen LogP contribution >= 0.6 is 0 Å². The summed E-state index contributed by atoms with van der Waals surface area (Å²) in [7, 11) is 1.73. The molecule has 1 saturated heterocycles. The third kappa shape index (κ3) is 6.02. The molecule has 6 heteroatoms. The Balaban J connectivity index is 1.39. The molecule has 0 amide bonds. The van der Waals surface area contributed by atoms with E-state index < -0.39 is 11.6 Å². The standard InChI is InChI=1S/C22H28F2N4/c1-25-22(26-12-9-18-7-8-19(23)15-21(18)24)27-20-10-13-28(14-11-20)16-17-5-3-2-4-6-17/h2-8,15,20H,9-14,16H2,1H3,(H2,25,26,27). The van der Waals surface area contributed by atoms with Gasteiger partial charge in [-0.25, -0.2) is 8.78 Å². The van der Waals surface area contributed by atoms with E-state index in [1.807, 2.05) is 6.07 Å². The fourth-order valence-electron chi connectivity index (χ4n) is 3.51. The van der Waals surface area contributed by atoms with E-state index in [-0.39, 0.29) is 0 Å². The van der Waals surface area contributed by atoms with Crippen molar-refractivity contribution in [2.75, 3.05) is 26.7 Å². The van der Waals surface area contributed by atoms with Gasteiger partial charge in [-0.05, 0) is 36.5 Å². The lowest BCUT2D eigenvalue weighted by atomic mass is 10.0. The Bertz CT molecular complexity index is 771. The molecular formula is C22H28F2N4. The minimum atomic E-state index is -0.551. The van der Waals surface area contributed by atoms with Crippen LogP contribution in [0.2, 0.25) is 0 Å². The van der Waals surface area contributed by atoms with Gasteiger partial charge in [0.05, 0.1) is 0 Å². The number of likely N-dealkylation sites (tertiary alicyclic amines) is 1. The summed E-state index contributed by atoms with van der Waals surface area (Å²) in [6.07, 6.45) is 2.59. The summed E-state index contributed by atoms with van der Waals surface area (Å²) in [4.78, 5) is 6.74. The predicted molar refractivity (Wildman–Crippen MR) is 109 cm³/mol. The van der Waals surface area contributed by atoms with Crippen LogP contribution in [-0.2, 0) is 13.0 Å². The highest BCUT2D eigenvalue weighted by atomic mass is 19.1. The van der Waals surface area contributed by atoms with Gasteiger partial charge < -0.3 is 10.6 Å². The molecule has 1 fully saturated rings.